The molecule has 0 spiro atoms. The molecule has 1 N–H and O–H groups in total. The first-order valence-electron chi connectivity index (χ1n) is 22.0. The van der Waals surface area contributed by atoms with E-state index in [4.69, 9.17) is 14.2 Å². The number of carbonyl (C=O) groups is 7. The van der Waals surface area contributed by atoms with Crippen molar-refractivity contribution in [2.45, 2.75) is 227 Å². The zero-order valence-electron chi connectivity index (χ0n) is 37.8. The minimum absolute atomic E-state index is 0.00728. The van der Waals surface area contributed by atoms with Gasteiger partial charge in [0.05, 0.1) is 0 Å². The highest BCUT2D eigenvalue weighted by atomic mass is 16.6. The van der Waals surface area contributed by atoms with Crippen LogP contribution in [-0.4, -0.2) is 75.7 Å². The van der Waals surface area contributed by atoms with Crippen molar-refractivity contribution in [3.63, 3.8) is 0 Å². The number of nitrogens with zero attached hydrogens (tertiary/aromatic N) is 1. The van der Waals surface area contributed by atoms with Gasteiger partial charge < -0.3 is 19.5 Å². The lowest BCUT2D eigenvalue weighted by Crippen LogP contribution is -2.44. The number of rotatable bonds is 29. The molecular weight excluding hydrogens is 741 g/mol. The maximum absolute atomic E-state index is 13.0. The van der Waals surface area contributed by atoms with Gasteiger partial charge >= 0.3 is 17.9 Å². The van der Waals surface area contributed by atoms with E-state index in [1.54, 1.807) is 69.2 Å². The molecule has 12 heteroatoms. The lowest BCUT2D eigenvalue weighted by Gasteiger charge is -2.32. The summed E-state index contributed by atoms with van der Waals surface area (Å²) in [5, 5.41) is 2.81. The SMILES string of the molecule is CC(C)(C)OC(=O)C(CCC(=O)CCCCCN1C(=O)C=CC1=O)NC(=O)CCCCCCCCCCCCCCCC(C)(C(=O)OC(C)(C)C)C(=O)OC(C)(C)C. The van der Waals surface area contributed by atoms with Gasteiger partial charge in [0.1, 0.15) is 28.6 Å². The van der Waals surface area contributed by atoms with E-state index in [-0.39, 0.29) is 36.3 Å². The lowest BCUT2D eigenvalue weighted by atomic mass is 9.84. The number of esters is 3. The van der Waals surface area contributed by atoms with Gasteiger partial charge in [0.15, 0.2) is 5.41 Å². The molecule has 1 aliphatic heterocycles. The quantitative estimate of drug-likeness (QED) is 0.0253. The normalized spacial score (nSPS) is 14.1. The molecule has 0 aromatic rings. The van der Waals surface area contributed by atoms with Gasteiger partial charge in [0.2, 0.25) is 5.91 Å². The summed E-state index contributed by atoms with van der Waals surface area (Å²) in [7, 11) is 0. The molecule has 1 heterocycles. The standard InChI is InChI=1S/C46H78N2O10/c1-43(2,3)56-40(53)36(30-29-35(49)27-23-22-26-34-48-38(51)31-32-39(48)52)47-37(50)28-24-20-18-16-14-12-11-13-15-17-19-21-25-33-46(10,41(54)57-44(4,5)6)42(55)58-45(7,8)9/h31-32,36H,11-30,33-34H2,1-10H3,(H,47,50). The summed E-state index contributed by atoms with van der Waals surface area (Å²) in [5.41, 5.74) is -3.43. The van der Waals surface area contributed by atoms with Crippen molar-refractivity contribution in [1.82, 2.24) is 10.2 Å². The number of ether oxygens (including phenoxy) is 3. The Morgan fingerprint density at radius 3 is 1.38 bits per heavy atom. The molecule has 0 saturated heterocycles. The highest BCUT2D eigenvalue weighted by Gasteiger charge is 2.46. The fourth-order valence-electron chi connectivity index (χ4n) is 6.52. The van der Waals surface area contributed by atoms with Gasteiger partial charge in [-0.3, -0.25) is 33.7 Å². The Morgan fingerprint density at radius 2 is 0.931 bits per heavy atom. The van der Waals surface area contributed by atoms with Crippen molar-refractivity contribution in [2.24, 2.45) is 5.41 Å². The van der Waals surface area contributed by atoms with E-state index in [0.717, 1.165) is 64.2 Å². The summed E-state index contributed by atoms with van der Waals surface area (Å²) in [4.78, 5) is 88.8. The Balaban J connectivity index is 2.25. The van der Waals surface area contributed by atoms with Crippen molar-refractivity contribution >= 4 is 41.4 Å². The topological polar surface area (TPSA) is 162 Å². The summed E-state index contributed by atoms with van der Waals surface area (Å²) < 4.78 is 16.7. The van der Waals surface area contributed by atoms with Crippen LogP contribution in [0.15, 0.2) is 12.2 Å². The highest BCUT2D eigenvalue weighted by Crippen LogP contribution is 2.32. The molecule has 12 nitrogen and oxygen atoms in total. The van der Waals surface area contributed by atoms with Gasteiger partial charge in [-0.05, 0) is 101 Å². The first-order chi connectivity index (χ1) is 26.9. The Labute approximate surface area is 349 Å². The Hall–Kier alpha value is -3.57. The van der Waals surface area contributed by atoms with Gasteiger partial charge in [-0.2, -0.15) is 0 Å². The van der Waals surface area contributed by atoms with Crippen LogP contribution in [0, 0.1) is 5.41 Å². The van der Waals surface area contributed by atoms with Crippen molar-refractivity contribution < 1.29 is 47.8 Å². The summed E-state index contributed by atoms with van der Waals surface area (Å²) in [6.45, 7) is 18.1. The van der Waals surface area contributed by atoms with Gasteiger partial charge in [0, 0.05) is 38.0 Å². The van der Waals surface area contributed by atoms with E-state index in [2.05, 4.69) is 5.32 Å². The fraction of sp³-hybridized carbons (Fsp3) is 0.804. The minimum atomic E-state index is -1.33. The second kappa shape index (κ2) is 25.8. The van der Waals surface area contributed by atoms with E-state index in [1.165, 1.54) is 36.3 Å². The molecule has 0 aliphatic carbocycles. The molecule has 1 atom stereocenters. The van der Waals surface area contributed by atoms with Gasteiger partial charge in [0.25, 0.3) is 11.8 Å². The first-order valence-corrected chi connectivity index (χ1v) is 22.0. The molecule has 1 unspecified atom stereocenters. The maximum atomic E-state index is 13.0. The predicted octanol–water partition coefficient (Wildman–Crippen LogP) is 9.19. The number of hydrogen-bond acceptors (Lipinski definition) is 10. The molecule has 332 valence electrons. The maximum Gasteiger partial charge on any atom is 0.329 e. The summed E-state index contributed by atoms with van der Waals surface area (Å²) >= 11 is 0. The van der Waals surface area contributed by atoms with Crippen LogP contribution in [0.4, 0.5) is 0 Å². The lowest BCUT2D eigenvalue weighted by molar-refractivity contribution is -0.184. The average molecular weight is 819 g/mol. The number of carbonyl (C=O) groups excluding carboxylic acids is 7. The zero-order chi connectivity index (χ0) is 44.0. The van der Waals surface area contributed by atoms with E-state index < -0.39 is 46.2 Å². The van der Waals surface area contributed by atoms with E-state index in [9.17, 15) is 33.6 Å². The summed E-state index contributed by atoms with van der Waals surface area (Å²) in [6.07, 6.45) is 19.4. The van der Waals surface area contributed by atoms with Crippen LogP contribution in [-0.2, 0) is 47.8 Å². The Bertz CT molecular complexity index is 1320. The molecule has 1 rings (SSSR count). The zero-order valence-corrected chi connectivity index (χ0v) is 37.8. The summed E-state index contributed by atoms with van der Waals surface area (Å²) in [5.74, 6) is -2.44. The molecule has 0 bridgehead atoms. The fourth-order valence-corrected chi connectivity index (χ4v) is 6.52. The third-order valence-corrected chi connectivity index (χ3v) is 9.76. The number of amides is 3. The number of unbranched alkanes of at least 4 members (excludes halogenated alkanes) is 14. The largest absolute Gasteiger partial charge is 0.459 e. The number of hydrogen-bond donors (Lipinski definition) is 1. The summed E-state index contributed by atoms with van der Waals surface area (Å²) in [6, 6.07) is -0.889. The molecule has 0 radical (unpaired) electrons. The van der Waals surface area contributed by atoms with Crippen molar-refractivity contribution in [1.29, 1.82) is 0 Å². The van der Waals surface area contributed by atoms with E-state index in [0.29, 0.717) is 45.1 Å². The van der Waals surface area contributed by atoms with Crippen LogP contribution in [0.5, 0.6) is 0 Å². The van der Waals surface area contributed by atoms with Gasteiger partial charge in [-0.15, -0.1) is 0 Å². The van der Waals surface area contributed by atoms with E-state index in [1.807, 2.05) is 0 Å². The molecule has 0 fully saturated rings. The number of nitrogens with one attached hydrogen (secondary N) is 1. The predicted molar refractivity (Wildman–Crippen MR) is 225 cm³/mol. The van der Waals surface area contributed by atoms with Crippen LogP contribution in [0.25, 0.3) is 0 Å². The van der Waals surface area contributed by atoms with Crippen molar-refractivity contribution in [3.8, 4) is 0 Å². The minimum Gasteiger partial charge on any atom is -0.459 e. The molecular formula is C46H78N2O10. The number of Topliss-reactive ketones (excluding diaryl/α,β-unsaturated/α-hetero) is 1. The van der Waals surface area contributed by atoms with E-state index >= 15 is 0 Å². The van der Waals surface area contributed by atoms with Crippen LogP contribution in [0.1, 0.15) is 204 Å². The second-order valence-electron chi connectivity index (χ2n) is 19.1. The molecule has 0 saturated carbocycles. The van der Waals surface area contributed by atoms with Crippen LogP contribution in [0.3, 0.4) is 0 Å². The molecule has 58 heavy (non-hydrogen) atoms. The van der Waals surface area contributed by atoms with Crippen molar-refractivity contribution in [3.05, 3.63) is 12.2 Å². The smallest absolute Gasteiger partial charge is 0.329 e. The Morgan fingerprint density at radius 1 is 0.534 bits per heavy atom. The monoisotopic (exact) mass is 819 g/mol. The first kappa shape index (κ1) is 52.4. The number of ketones is 1. The second-order valence-corrected chi connectivity index (χ2v) is 19.1. The number of imide groups is 1. The van der Waals surface area contributed by atoms with Crippen LogP contribution in [0.2, 0.25) is 0 Å². The van der Waals surface area contributed by atoms with Crippen molar-refractivity contribution in [2.75, 3.05) is 6.54 Å². The van der Waals surface area contributed by atoms with Gasteiger partial charge in [-0.25, -0.2) is 4.79 Å². The van der Waals surface area contributed by atoms with Crippen LogP contribution >= 0.6 is 0 Å². The van der Waals surface area contributed by atoms with Crippen LogP contribution < -0.4 is 5.32 Å². The average Bonchev–Trinajstić information content (AvgIpc) is 3.41. The van der Waals surface area contributed by atoms with Gasteiger partial charge in [-0.1, -0.05) is 83.5 Å². The molecule has 0 aromatic carbocycles. The highest BCUT2D eigenvalue weighted by molar-refractivity contribution is 6.12. The third kappa shape index (κ3) is 23.7. The molecule has 0 aromatic heterocycles. The Kier molecular flexibility index (Phi) is 23.3. The third-order valence-electron chi connectivity index (χ3n) is 9.76. The molecule has 3 amide bonds. The molecule has 1 aliphatic rings.